The highest BCUT2D eigenvalue weighted by molar-refractivity contribution is 6.07. The van der Waals surface area contributed by atoms with Crippen LogP contribution in [0.25, 0.3) is 10.9 Å². The first kappa shape index (κ1) is 15.3. The van der Waals surface area contributed by atoms with E-state index >= 15 is 0 Å². The van der Waals surface area contributed by atoms with Gasteiger partial charge in [-0.15, -0.1) is 0 Å². The third-order valence-electron chi connectivity index (χ3n) is 4.94. The van der Waals surface area contributed by atoms with Crippen LogP contribution >= 0.6 is 0 Å². The van der Waals surface area contributed by atoms with Gasteiger partial charge in [-0.05, 0) is 68.1 Å². The second-order valence-corrected chi connectivity index (χ2v) is 6.17. The maximum absolute atomic E-state index is 12.7. The van der Waals surface area contributed by atoms with Gasteiger partial charge in [0.1, 0.15) is 5.69 Å². The third kappa shape index (κ3) is 2.42. The Kier molecular flexibility index (Phi) is 3.72. The Morgan fingerprint density at radius 3 is 2.17 bits per heavy atom. The van der Waals surface area contributed by atoms with Crippen LogP contribution in [-0.4, -0.2) is 10.5 Å². The number of carbonyl (C=O) groups is 1. The van der Waals surface area contributed by atoms with Gasteiger partial charge >= 0.3 is 0 Å². The van der Waals surface area contributed by atoms with Crippen molar-refractivity contribution in [2.45, 2.75) is 27.7 Å². The quantitative estimate of drug-likeness (QED) is 0.734. The second-order valence-electron chi connectivity index (χ2n) is 6.17. The van der Waals surface area contributed by atoms with Crippen molar-refractivity contribution in [1.82, 2.24) is 4.57 Å². The minimum atomic E-state index is -0.0796. The molecule has 0 aliphatic heterocycles. The van der Waals surface area contributed by atoms with Crippen molar-refractivity contribution in [2.24, 2.45) is 7.05 Å². The monoisotopic (exact) mass is 306 g/mol. The number of fused-ring (bicyclic) bond motifs is 1. The van der Waals surface area contributed by atoms with Crippen molar-refractivity contribution in [2.75, 3.05) is 5.32 Å². The van der Waals surface area contributed by atoms with Gasteiger partial charge in [-0.1, -0.05) is 18.2 Å². The Hall–Kier alpha value is -2.55. The SMILES string of the molecule is Cc1c(C)c(C)c2c(cc(C(=O)Nc3ccccc3)n2C)c1C. The summed E-state index contributed by atoms with van der Waals surface area (Å²) in [6.07, 6.45) is 0. The molecule has 1 aromatic heterocycles. The maximum Gasteiger partial charge on any atom is 0.272 e. The first-order valence-corrected chi connectivity index (χ1v) is 7.84. The zero-order valence-corrected chi connectivity index (χ0v) is 14.3. The summed E-state index contributed by atoms with van der Waals surface area (Å²) in [7, 11) is 1.96. The van der Waals surface area contributed by atoms with Gasteiger partial charge in [-0.3, -0.25) is 4.79 Å². The molecule has 3 aromatic rings. The Morgan fingerprint density at radius 1 is 0.913 bits per heavy atom. The maximum atomic E-state index is 12.7. The number of aromatic nitrogens is 1. The van der Waals surface area contributed by atoms with Crippen molar-refractivity contribution in [3.8, 4) is 0 Å². The van der Waals surface area contributed by atoms with Crippen LogP contribution in [0.2, 0.25) is 0 Å². The summed E-state index contributed by atoms with van der Waals surface area (Å²) in [6.45, 7) is 8.55. The average Bonchev–Trinajstić information content (AvgIpc) is 2.89. The lowest BCUT2D eigenvalue weighted by atomic mass is 9.96. The molecule has 0 aliphatic rings. The van der Waals surface area contributed by atoms with Crippen LogP contribution in [0.5, 0.6) is 0 Å². The lowest BCUT2D eigenvalue weighted by Gasteiger charge is -2.12. The van der Waals surface area contributed by atoms with Crippen LogP contribution in [0.3, 0.4) is 0 Å². The summed E-state index contributed by atoms with van der Waals surface area (Å²) in [5.74, 6) is -0.0796. The molecule has 0 radical (unpaired) electrons. The van der Waals surface area contributed by atoms with Crippen LogP contribution in [0.4, 0.5) is 5.69 Å². The van der Waals surface area contributed by atoms with Gasteiger partial charge in [0.25, 0.3) is 5.91 Å². The molecule has 0 aliphatic carbocycles. The molecule has 2 aromatic carbocycles. The standard InChI is InChI=1S/C20H22N2O/c1-12-13(2)15(4)19-17(14(12)3)11-18(22(19)5)20(23)21-16-9-7-6-8-10-16/h6-11H,1-5H3,(H,21,23). The van der Waals surface area contributed by atoms with E-state index < -0.39 is 0 Å². The molecule has 118 valence electrons. The summed E-state index contributed by atoms with van der Waals surface area (Å²) in [4.78, 5) is 12.7. The smallest absolute Gasteiger partial charge is 0.272 e. The highest BCUT2D eigenvalue weighted by Gasteiger charge is 2.18. The molecular weight excluding hydrogens is 284 g/mol. The zero-order chi connectivity index (χ0) is 16.7. The second kappa shape index (κ2) is 5.58. The van der Waals surface area contributed by atoms with Gasteiger partial charge in [-0.25, -0.2) is 0 Å². The number of aryl methyl sites for hydroxylation is 3. The van der Waals surface area contributed by atoms with Crippen LogP contribution in [0.1, 0.15) is 32.7 Å². The van der Waals surface area contributed by atoms with Gasteiger partial charge in [0.2, 0.25) is 0 Å². The first-order valence-electron chi connectivity index (χ1n) is 7.84. The number of benzene rings is 2. The number of nitrogens with zero attached hydrogens (tertiary/aromatic N) is 1. The van der Waals surface area contributed by atoms with E-state index in [1.165, 1.54) is 22.3 Å². The van der Waals surface area contributed by atoms with Crippen molar-refractivity contribution in [1.29, 1.82) is 0 Å². The highest BCUT2D eigenvalue weighted by atomic mass is 16.1. The number of nitrogens with one attached hydrogen (secondary N) is 1. The van der Waals surface area contributed by atoms with Gasteiger partial charge in [0.15, 0.2) is 0 Å². The van der Waals surface area contributed by atoms with Crippen molar-refractivity contribution < 1.29 is 4.79 Å². The van der Waals surface area contributed by atoms with Gasteiger partial charge in [0.05, 0.1) is 5.52 Å². The Balaban J connectivity index is 2.13. The van der Waals surface area contributed by atoms with E-state index in [-0.39, 0.29) is 5.91 Å². The number of para-hydroxylation sites is 1. The topological polar surface area (TPSA) is 34.0 Å². The summed E-state index contributed by atoms with van der Waals surface area (Å²) in [5, 5.41) is 4.13. The number of amides is 1. The molecule has 0 saturated heterocycles. The molecule has 0 spiro atoms. The number of anilines is 1. The Labute approximate surface area is 136 Å². The predicted molar refractivity (Wildman–Crippen MR) is 96.3 cm³/mol. The third-order valence-corrected chi connectivity index (χ3v) is 4.94. The molecule has 0 unspecified atom stereocenters. The first-order chi connectivity index (χ1) is 10.9. The zero-order valence-electron chi connectivity index (χ0n) is 14.3. The summed E-state index contributed by atoms with van der Waals surface area (Å²) in [6, 6.07) is 11.6. The molecule has 3 heteroatoms. The van der Waals surface area contributed by atoms with E-state index in [0.29, 0.717) is 5.69 Å². The fourth-order valence-electron chi connectivity index (χ4n) is 3.22. The highest BCUT2D eigenvalue weighted by Crippen LogP contribution is 2.31. The minimum Gasteiger partial charge on any atom is -0.339 e. The summed E-state index contributed by atoms with van der Waals surface area (Å²) in [5.41, 5.74) is 7.72. The molecule has 23 heavy (non-hydrogen) atoms. The Morgan fingerprint density at radius 2 is 1.52 bits per heavy atom. The van der Waals surface area contributed by atoms with Crippen LogP contribution in [0.15, 0.2) is 36.4 Å². The fourth-order valence-corrected chi connectivity index (χ4v) is 3.22. The summed E-state index contributed by atoms with van der Waals surface area (Å²) >= 11 is 0. The van der Waals surface area contributed by atoms with E-state index in [4.69, 9.17) is 0 Å². The lowest BCUT2D eigenvalue weighted by Crippen LogP contribution is -2.15. The van der Waals surface area contributed by atoms with Crippen molar-refractivity contribution in [3.05, 3.63) is 64.3 Å². The van der Waals surface area contributed by atoms with Crippen molar-refractivity contribution in [3.63, 3.8) is 0 Å². The fraction of sp³-hybridized carbons (Fsp3) is 0.250. The van der Waals surface area contributed by atoms with Crippen molar-refractivity contribution >= 4 is 22.5 Å². The molecule has 0 bridgehead atoms. The average molecular weight is 306 g/mol. The number of hydrogen-bond donors (Lipinski definition) is 1. The normalized spacial score (nSPS) is 11.0. The number of hydrogen-bond acceptors (Lipinski definition) is 1. The molecular formula is C20H22N2O. The Bertz CT molecular complexity index is 905. The van der Waals surface area contributed by atoms with Crippen LogP contribution in [-0.2, 0) is 7.05 Å². The molecule has 3 nitrogen and oxygen atoms in total. The van der Waals surface area contributed by atoms with Gasteiger partial charge in [0, 0.05) is 18.1 Å². The van der Waals surface area contributed by atoms with E-state index in [1.807, 2.05) is 48.0 Å². The van der Waals surface area contributed by atoms with Crippen LogP contribution < -0.4 is 5.32 Å². The number of rotatable bonds is 2. The van der Waals surface area contributed by atoms with Crippen LogP contribution in [0, 0.1) is 27.7 Å². The van der Waals surface area contributed by atoms with Gasteiger partial charge < -0.3 is 9.88 Å². The molecule has 1 heterocycles. The summed E-state index contributed by atoms with van der Waals surface area (Å²) < 4.78 is 2.00. The molecule has 0 saturated carbocycles. The minimum absolute atomic E-state index is 0.0796. The van der Waals surface area contributed by atoms with E-state index in [9.17, 15) is 4.79 Å². The molecule has 1 N–H and O–H groups in total. The van der Waals surface area contributed by atoms with Gasteiger partial charge in [-0.2, -0.15) is 0 Å². The molecule has 0 fully saturated rings. The molecule has 0 atom stereocenters. The number of carbonyl (C=O) groups excluding carboxylic acids is 1. The molecule has 1 amide bonds. The van der Waals surface area contributed by atoms with E-state index in [0.717, 1.165) is 16.6 Å². The largest absolute Gasteiger partial charge is 0.339 e. The lowest BCUT2D eigenvalue weighted by molar-refractivity contribution is 0.102. The van der Waals surface area contributed by atoms with E-state index in [1.54, 1.807) is 0 Å². The van der Waals surface area contributed by atoms with E-state index in [2.05, 4.69) is 33.0 Å². The molecule has 3 rings (SSSR count). The predicted octanol–water partition coefficient (Wildman–Crippen LogP) is 4.66.